The van der Waals surface area contributed by atoms with Gasteiger partial charge in [-0.05, 0) is 12.8 Å². The van der Waals surface area contributed by atoms with Gasteiger partial charge in [-0.2, -0.15) is 13.2 Å². The topological polar surface area (TPSA) is 0 Å². The van der Waals surface area contributed by atoms with E-state index in [0.29, 0.717) is 0 Å². The van der Waals surface area contributed by atoms with Crippen LogP contribution in [0.15, 0.2) is 0 Å². The van der Waals surface area contributed by atoms with Gasteiger partial charge < -0.3 is 0 Å². The van der Waals surface area contributed by atoms with Gasteiger partial charge in [-0.15, -0.1) is 0 Å². The highest BCUT2D eigenvalue weighted by Crippen LogP contribution is 2.36. The van der Waals surface area contributed by atoms with Gasteiger partial charge in [0.05, 0.1) is 5.41 Å². The van der Waals surface area contributed by atoms with Crippen LogP contribution in [0.5, 0.6) is 0 Å². The van der Waals surface area contributed by atoms with Crippen LogP contribution in [0.2, 0.25) is 0 Å². The third kappa shape index (κ3) is 9.25. The van der Waals surface area contributed by atoms with Crippen molar-refractivity contribution < 1.29 is 43.9 Å². The molecular weight excluding hydrogens is 418 g/mol. The van der Waals surface area contributed by atoms with Crippen molar-refractivity contribution in [3.8, 4) is 0 Å². The predicted molar refractivity (Wildman–Crippen MR) is 91.3 cm³/mol. The highest BCUT2D eigenvalue weighted by molar-refractivity contribution is 5.26. The van der Waals surface area contributed by atoms with Crippen molar-refractivity contribution in [1.82, 2.24) is 0 Å². The zero-order chi connectivity index (χ0) is 24.1. The van der Waals surface area contributed by atoms with Crippen LogP contribution in [0.1, 0.15) is 66.9 Å². The Bertz CT molecular complexity index is 606. The van der Waals surface area contributed by atoms with Crippen molar-refractivity contribution in [1.29, 1.82) is 0 Å². The summed E-state index contributed by atoms with van der Waals surface area (Å²) in [6, 6.07) is 0. The maximum atomic E-state index is 12.9. The molecule has 1 aromatic carbocycles. The third-order valence-corrected chi connectivity index (χ3v) is 3.69. The van der Waals surface area contributed by atoms with Crippen molar-refractivity contribution in [2.45, 2.75) is 73.4 Å². The van der Waals surface area contributed by atoms with Crippen molar-refractivity contribution in [3.05, 3.63) is 34.6 Å². The quantitative estimate of drug-likeness (QED) is 0.244. The average molecular weight is 444 g/mol. The number of halogens is 10. The largest absolute Gasteiger partial charge is 0.393 e. The maximum absolute atomic E-state index is 12.9. The lowest BCUT2D eigenvalue weighted by molar-refractivity contribution is -0.204. The molecule has 10 heteroatoms. The Morgan fingerprint density at radius 1 is 0.552 bits per heavy atom. The molecule has 0 aliphatic rings. The summed E-state index contributed by atoms with van der Waals surface area (Å²) in [7, 11) is 0. The van der Waals surface area contributed by atoms with Gasteiger partial charge in [0.15, 0.2) is 23.3 Å². The molecule has 0 radical (unpaired) electrons. The second kappa shape index (κ2) is 10.5. The Morgan fingerprint density at radius 3 is 0.897 bits per heavy atom. The van der Waals surface area contributed by atoms with Gasteiger partial charge in [-0.1, -0.05) is 48.5 Å². The first-order chi connectivity index (χ1) is 12.6. The SMILES string of the molecule is CC(C)(C)C(F)(F)F.CC(C)C(C)(F)F.CC(C)c1c(F)c(F)c(F)c(F)c1F. The summed E-state index contributed by atoms with van der Waals surface area (Å²) < 4.78 is 122. The molecule has 1 aromatic rings. The molecule has 0 fully saturated rings. The summed E-state index contributed by atoms with van der Waals surface area (Å²) in [5.41, 5.74) is -2.34. The fourth-order valence-electron chi connectivity index (χ4n) is 1.13. The predicted octanol–water partition coefficient (Wildman–Crippen LogP) is 8.40. The maximum Gasteiger partial charge on any atom is 0.393 e. The molecule has 0 saturated carbocycles. The molecule has 0 heterocycles. The van der Waals surface area contributed by atoms with Gasteiger partial charge in [0.25, 0.3) is 0 Å². The molecule has 0 bridgehead atoms. The molecule has 0 aliphatic heterocycles. The Hall–Kier alpha value is -1.48. The molecule has 1 rings (SSSR count). The Labute approximate surface area is 164 Å². The van der Waals surface area contributed by atoms with Crippen LogP contribution >= 0.6 is 0 Å². The van der Waals surface area contributed by atoms with Crippen LogP contribution in [0, 0.1) is 40.4 Å². The molecule has 0 aromatic heterocycles. The Morgan fingerprint density at radius 2 is 0.759 bits per heavy atom. The van der Waals surface area contributed by atoms with Gasteiger partial charge in [-0.3, -0.25) is 0 Å². The lowest BCUT2D eigenvalue weighted by atomic mass is 9.96. The first-order valence-corrected chi connectivity index (χ1v) is 8.53. The van der Waals surface area contributed by atoms with Crippen molar-refractivity contribution in [2.75, 3.05) is 0 Å². The van der Waals surface area contributed by atoms with E-state index < -0.39 is 64.0 Å². The van der Waals surface area contributed by atoms with E-state index in [1.165, 1.54) is 27.7 Å². The molecule has 0 N–H and O–H groups in total. The molecule has 0 saturated heterocycles. The van der Waals surface area contributed by atoms with Crippen LogP contribution in [0.4, 0.5) is 43.9 Å². The number of rotatable bonds is 2. The smallest absolute Gasteiger partial charge is 0.207 e. The summed E-state index contributed by atoms with van der Waals surface area (Å²) in [5.74, 6) is -13.2. The lowest BCUT2D eigenvalue weighted by Crippen LogP contribution is -2.28. The Balaban J connectivity index is 0. The third-order valence-electron chi connectivity index (χ3n) is 3.69. The number of alkyl halides is 5. The molecule has 0 spiro atoms. The van der Waals surface area contributed by atoms with Crippen LogP contribution in [0.3, 0.4) is 0 Å². The van der Waals surface area contributed by atoms with Gasteiger partial charge in [0.2, 0.25) is 11.7 Å². The van der Waals surface area contributed by atoms with E-state index in [4.69, 9.17) is 0 Å². The first-order valence-electron chi connectivity index (χ1n) is 8.53. The summed E-state index contributed by atoms with van der Waals surface area (Å²) >= 11 is 0. The van der Waals surface area contributed by atoms with Gasteiger partial charge >= 0.3 is 6.18 Å². The van der Waals surface area contributed by atoms with Crippen LogP contribution in [0.25, 0.3) is 0 Å². The Kier molecular flexibility index (Phi) is 10.8. The standard InChI is InChI=1S/C9H7F5.C5H9F3.C5H10F2/c1-3(2)4-5(10)7(12)9(14)8(13)6(4)11;1-4(2,3)5(6,7)8;1-4(2)5(3,6)7/h3H,1-2H3;1-3H3;4H,1-3H3. The van der Waals surface area contributed by atoms with E-state index in [-0.39, 0.29) is 0 Å². The summed E-state index contributed by atoms with van der Waals surface area (Å²) in [4.78, 5) is 0. The van der Waals surface area contributed by atoms with Crippen molar-refractivity contribution in [3.63, 3.8) is 0 Å². The molecule has 0 unspecified atom stereocenters. The van der Waals surface area contributed by atoms with Gasteiger partial charge in [-0.25, -0.2) is 30.7 Å². The zero-order valence-corrected chi connectivity index (χ0v) is 17.4. The molecule has 0 nitrogen and oxygen atoms in total. The van der Waals surface area contributed by atoms with E-state index in [2.05, 4.69) is 0 Å². The second-order valence-electron chi connectivity index (χ2n) is 8.00. The minimum absolute atomic E-state index is 0.535. The number of benzene rings is 1. The van der Waals surface area contributed by atoms with Crippen LogP contribution in [-0.2, 0) is 0 Å². The average Bonchev–Trinajstić information content (AvgIpc) is 2.49. The second-order valence-corrected chi connectivity index (χ2v) is 8.00. The van der Waals surface area contributed by atoms with E-state index in [1.54, 1.807) is 0 Å². The minimum Gasteiger partial charge on any atom is -0.207 e. The zero-order valence-electron chi connectivity index (χ0n) is 17.4. The van der Waals surface area contributed by atoms with E-state index in [0.717, 1.165) is 27.7 Å². The summed E-state index contributed by atoms with van der Waals surface area (Å²) in [6.45, 7) is 10.1. The molecule has 172 valence electrons. The van der Waals surface area contributed by atoms with E-state index in [1.807, 2.05) is 0 Å². The van der Waals surface area contributed by atoms with Crippen molar-refractivity contribution >= 4 is 0 Å². The number of hydrogen-bond donors (Lipinski definition) is 0. The van der Waals surface area contributed by atoms with E-state index in [9.17, 15) is 43.9 Å². The normalized spacial score (nSPS) is 12.4. The minimum atomic E-state index is -4.06. The van der Waals surface area contributed by atoms with Crippen LogP contribution in [-0.4, -0.2) is 12.1 Å². The monoisotopic (exact) mass is 444 g/mol. The molecule has 29 heavy (non-hydrogen) atoms. The lowest BCUT2D eigenvalue weighted by Gasteiger charge is -2.21. The van der Waals surface area contributed by atoms with Crippen LogP contribution < -0.4 is 0 Å². The molecule has 0 aliphatic carbocycles. The van der Waals surface area contributed by atoms with Crippen molar-refractivity contribution in [2.24, 2.45) is 11.3 Å². The first kappa shape index (κ1) is 29.7. The fraction of sp³-hybridized carbons (Fsp3) is 0.684. The highest BCUT2D eigenvalue weighted by Gasteiger charge is 2.42. The highest BCUT2D eigenvalue weighted by atomic mass is 19.4. The molecule has 0 atom stereocenters. The van der Waals surface area contributed by atoms with E-state index >= 15 is 0 Å². The summed E-state index contributed by atoms with van der Waals surface area (Å²) in [5, 5.41) is 0. The summed E-state index contributed by atoms with van der Waals surface area (Å²) in [6.07, 6.45) is -4.06. The molecular formula is C19H26F10. The fourth-order valence-corrected chi connectivity index (χ4v) is 1.13. The molecule has 0 amide bonds. The van der Waals surface area contributed by atoms with Gasteiger partial charge in [0.1, 0.15) is 0 Å². The number of hydrogen-bond acceptors (Lipinski definition) is 0. The van der Waals surface area contributed by atoms with Gasteiger partial charge in [0, 0.05) is 11.5 Å².